The molecular weight excluding hydrogens is 342 g/mol. The molecule has 0 radical (unpaired) electrons. The van der Waals surface area contributed by atoms with E-state index >= 15 is 0 Å². The van der Waals surface area contributed by atoms with Crippen molar-refractivity contribution in [1.82, 2.24) is 9.80 Å². The lowest BCUT2D eigenvalue weighted by atomic mass is 10.2. The van der Waals surface area contributed by atoms with Crippen molar-refractivity contribution in [3.63, 3.8) is 0 Å². The zero-order valence-corrected chi connectivity index (χ0v) is 15.6. The first-order valence-corrected chi connectivity index (χ1v) is 9.15. The molecule has 0 aliphatic carbocycles. The number of benzene rings is 2. The zero-order chi connectivity index (χ0) is 19.1. The van der Waals surface area contributed by atoms with Crippen LogP contribution in [0.3, 0.4) is 0 Å². The summed E-state index contributed by atoms with van der Waals surface area (Å²) in [4.78, 5) is 28.8. The van der Waals surface area contributed by atoms with Crippen LogP contribution in [-0.2, 0) is 11.3 Å². The van der Waals surface area contributed by atoms with Gasteiger partial charge in [-0.15, -0.1) is 0 Å². The number of hydrogen-bond donors (Lipinski definition) is 1. The minimum atomic E-state index is -0.136. The van der Waals surface area contributed by atoms with E-state index in [-0.39, 0.29) is 11.9 Å². The molecule has 0 bridgehead atoms. The van der Waals surface area contributed by atoms with E-state index in [0.29, 0.717) is 38.3 Å². The van der Waals surface area contributed by atoms with E-state index in [9.17, 15) is 9.59 Å². The summed E-state index contributed by atoms with van der Waals surface area (Å²) < 4.78 is 5.09. The minimum absolute atomic E-state index is 0.0200. The largest absolute Gasteiger partial charge is 0.380 e. The molecule has 6 nitrogen and oxygen atoms in total. The van der Waals surface area contributed by atoms with Crippen molar-refractivity contribution < 1.29 is 14.3 Å². The van der Waals surface area contributed by atoms with E-state index in [4.69, 9.17) is 4.74 Å². The topological polar surface area (TPSA) is 61.9 Å². The Kier molecular flexibility index (Phi) is 6.44. The highest BCUT2D eigenvalue weighted by molar-refractivity contribution is 5.94. The second-order valence-electron chi connectivity index (χ2n) is 6.56. The lowest BCUT2D eigenvalue weighted by molar-refractivity contribution is 0.0762. The van der Waals surface area contributed by atoms with Gasteiger partial charge in [0.1, 0.15) is 0 Å². The first-order valence-electron chi connectivity index (χ1n) is 9.15. The molecular formula is C21H25N3O3. The first kappa shape index (κ1) is 18.9. The van der Waals surface area contributed by atoms with Crippen molar-refractivity contribution in [1.29, 1.82) is 0 Å². The van der Waals surface area contributed by atoms with Crippen molar-refractivity contribution in [2.45, 2.75) is 13.0 Å². The molecule has 3 amide bonds. The summed E-state index contributed by atoms with van der Waals surface area (Å²) in [7, 11) is 1.65. The van der Waals surface area contributed by atoms with Crippen molar-refractivity contribution in [3.05, 3.63) is 65.7 Å². The summed E-state index contributed by atoms with van der Waals surface area (Å²) in [6.07, 6.45) is 0.763. The van der Waals surface area contributed by atoms with E-state index in [1.54, 1.807) is 12.0 Å². The van der Waals surface area contributed by atoms with Crippen molar-refractivity contribution in [2.24, 2.45) is 0 Å². The number of anilines is 1. The molecule has 3 rings (SSSR count). The molecule has 0 spiro atoms. The number of carbonyl (C=O) groups excluding carboxylic acids is 2. The van der Waals surface area contributed by atoms with Gasteiger partial charge >= 0.3 is 6.03 Å². The van der Waals surface area contributed by atoms with Crippen molar-refractivity contribution in [2.75, 3.05) is 38.6 Å². The quantitative estimate of drug-likeness (QED) is 0.903. The highest BCUT2D eigenvalue weighted by Crippen LogP contribution is 2.13. The molecule has 0 saturated carbocycles. The molecule has 1 heterocycles. The summed E-state index contributed by atoms with van der Waals surface area (Å²) in [6.45, 7) is 2.89. The average molecular weight is 367 g/mol. The number of urea groups is 1. The Morgan fingerprint density at radius 2 is 1.59 bits per heavy atom. The van der Waals surface area contributed by atoms with Crippen LogP contribution in [0.2, 0.25) is 0 Å². The fourth-order valence-electron chi connectivity index (χ4n) is 3.14. The molecule has 142 valence electrons. The lowest BCUT2D eigenvalue weighted by Gasteiger charge is -2.22. The van der Waals surface area contributed by atoms with Crippen LogP contribution in [0.15, 0.2) is 54.6 Å². The standard InChI is InChI=1S/C21H25N3O3/c1-27-16-17-8-10-19(11-9-17)22-21(26)24-13-5-12-23(14-15-24)20(25)18-6-3-2-4-7-18/h2-4,6-11H,5,12-16H2,1H3,(H,22,26). The molecule has 0 unspecified atom stereocenters. The monoisotopic (exact) mass is 367 g/mol. The van der Waals surface area contributed by atoms with Gasteiger partial charge in [-0.05, 0) is 36.2 Å². The Morgan fingerprint density at radius 3 is 2.30 bits per heavy atom. The van der Waals surface area contributed by atoms with Crippen LogP contribution in [0, 0.1) is 0 Å². The molecule has 0 atom stereocenters. The zero-order valence-electron chi connectivity index (χ0n) is 15.6. The third kappa shape index (κ3) is 5.08. The van der Waals surface area contributed by atoms with Crippen LogP contribution < -0.4 is 5.32 Å². The first-order chi connectivity index (χ1) is 13.2. The molecule has 27 heavy (non-hydrogen) atoms. The number of nitrogens with zero attached hydrogens (tertiary/aromatic N) is 2. The third-order valence-electron chi connectivity index (χ3n) is 4.61. The smallest absolute Gasteiger partial charge is 0.321 e. The average Bonchev–Trinajstić information content (AvgIpc) is 2.96. The summed E-state index contributed by atoms with van der Waals surface area (Å²) in [5.41, 5.74) is 2.49. The van der Waals surface area contributed by atoms with E-state index in [1.165, 1.54) is 0 Å². The molecule has 6 heteroatoms. The van der Waals surface area contributed by atoms with E-state index < -0.39 is 0 Å². The number of amides is 3. The molecule has 1 aliphatic heterocycles. The van der Waals surface area contributed by atoms with Gasteiger partial charge in [0.15, 0.2) is 0 Å². The van der Waals surface area contributed by atoms with Crippen molar-refractivity contribution in [3.8, 4) is 0 Å². The molecule has 1 saturated heterocycles. The van der Waals surface area contributed by atoms with Crippen LogP contribution in [-0.4, -0.2) is 55.0 Å². The maximum atomic E-state index is 12.6. The van der Waals surface area contributed by atoms with Gasteiger partial charge in [0.05, 0.1) is 6.61 Å². The molecule has 1 aliphatic rings. The van der Waals surface area contributed by atoms with Gasteiger partial charge in [-0.25, -0.2) is 4.79 Å². The van der Waals surface area contributed by atoms with Crippen molar-refractivity contribution >= 4 is 17.6 Å². The van der Waals surface area contributed by atoms with Gasteiger partial charge in [0.25, 0.3) is 5.91 Å². The Labute approximate surface area is 159 Å². The molecule has 2 aromatic rings. The van der Waals surface area contributed by atoms with E-state index in [0.717, 1.165) is 17.7 Å². The molecule has 0 aromatic heterocycles. The van der Waals surface area contributed by atoms with Crippen LogP contribution in [0.4, 0.5) is 10.5 Å². The van der Waals surface area contributed by atoms with Gasteiger partial charge in [0, 0.05) is 44.5 Å². The normalized spacial score (nSPS) is 14.6. The summed E-state index contributed by atoms with van der Waals surface area (Å²) >= 11 is 0. The minimum Gasteiger partial charge on any atom is -0.380 e. The number of methoxy groups -OCH3 is 1. The Morgan fingerprint density at radius 1 is 0.926 bits per heavy atom. The second kappa shape index (κ2) is 9.19. The highest BCUT2D eigenvalue weighted by Gasteiger charge is 2.22. The number of rotatable bonds is 4. The fraction of sp³-hybridized carbons (Fsp3) is 0.333. The van der Waals surface area contributed by atoms with Crippen LogP contribution in [0.1, 0.15) is 22.3 Å². The van der Waals surface area contributed by atoms with Crippen LogP contribution in [0.5, 0.6) is 0 Å². The number of carbonyl (C=O) groups is 2. The molecule has 2 aromatic carbocycles. The SMILES string of the molecule is COCc1ccc(NC(=O)N2CCCN(C(=O)c3ccccc3)CC2)cc1. The summed E-state index contributed by atoms with van der Waals surface area (Å²) in [5.74, 6) is 0.0200. The van der Waals surface area contributed by atoms with Crippen LogP contribution in [0.25, 0.3) is 0 Å². The van der Waals surface area contributed by atoms with E-state index in [1.807, 2.05) is 59.5 Å². The number of nitrogens with one attached hydrogen (secondary N) is 1. The summed E-state index contributed by atoms with van der Waals surface area (Å²) in [6, 6.07) is 16.7. The predicted molar refractivity (Wildman–Crippen MR) is 105 cm³/mol. The van der Waals surface area contributed by atoms with Gasteiger partial charge in [0.2, 0.25) is 0 Å². The number of ether oxygens (including phenoxy) is 1. The predicted octanol–water partition coefficient (Wildman–Crippen LogP) is 3.21. The maximum Gasteiger partial charge on any atom is 0.321 e. The summed E-state index contributed by atoms with van der Waals surface area (Å²) in [5, 5.41) is 2.93. The van der Waals surface area contributed by atoms with Gasteiger partial charge < -0.3 is 19.9 Å². The van der Waals surface area contributed by atoms with Gasteiger partial charge in [-0.3, -0.25) is 4.79 Å². The highest BCUT2D eigenvalue weighted by atomic mass is 16.5. The van der Waals surface area contributed by atoms with Gasteiger partial charge in [-0.1, -0.05) is 30.3 Å². The molecule has 1 N–H and O–H groups in total. The third-order valence-corrected chi connectivity index (χ3v) is 4.61. The second-order valence-corrected chi connectivity index (χ2v) is 6.56. The Bertz CT molecular complexity index is 762. The van der Waals surface area contributed by atoms with Crippen LogP contribution >= 0.6 is 0 Å². The Hall–Kier alpha value is -2.86. The lowest BCUT2D eigenvalue weighted by Crippen LogP contribution is -2.39. The van der Waals surface area contributed by atoms with Gasteiger partial charge in [-0.2, -0.15) is 0 Å². The molecule has 1 fully saturated rings. The van der Waals surface area contributed by atoms with E-state index in [2.05, 4.69) is 5.32 Å². The maximum absolute atomic E-state index is 12.6. The number of hydrogen-bond acceptors (Lipinski definition) is 3. The fourth-order valence-corrected chi connectivity index (χ4v) is 3.14. The Balaban J connectivity index is 1.55.